The van der Waals surface area contributed by atoms with Gasteiger partial charge in [-0.3, -0.25) is 4.79 Å². The van der Waals surface area contributed by atoms with Crippen LogP contribution in [0.3, 0.4) is 0 Å². The Labute approximate surface area is 128 Å². The second-order valence-electron chi connectivity index (χ2n) is 4.74. The van der Waals surface area contributed by atoms with Crippen molar-refractivity contribution in [2.45, 2.75) is 12.8 Å². The Morgan fingerprint density at radius 1 is 1.35 bits per heavy atom. The number of nitrogens with one attached hydrogen (secondary N) is 1. The number of aryl methyl sites for hydroxylation is 1. The molecule has 1 heterocycles. The number of amides is 1. The molecule has 1 aromatic carbocycles. The summed E-state index contributed by atoms with van der Waals surface area (Å²) in [5, 5.41) is 7.64. The molecule has 0 unspecified atom stereocenters. The smallest absolute Gasteiger partial charge is 0.224 e. The number of rotatable bonds is 5. The summed E-state index contributed by atoms with van der Waals surface area (Å²) in [6.45, 7) is 0. The molecule has 0 aliphatic rings. The Bertz CT molecular complexity index is 582. The molecule has 2 aromatic rings. The average molecular weight is 309 g/mol. The molecule has 0 radical (unpaired) electrons. The Hall–Kier alpha value is -1.52. The number of carbonyl (C=O) groups is 1. The van der Waals surface area contributed by atoms with Crippen LogP contribution in [0, 0.1) is 0 Å². The standard InChI is InChI=1S/C15H17ClN2OS/c1-18(2)14-5-4-12(16)9-13(14)17-15(19)6-3-11-7-8-20-10-11/h4-5,7-10H,3,6H2,1-2H3,(H,17,19). The maximum atomic E-state index is 12.0. The van der Waals surface area contributed by atoms with Gasteiger partial charge in [-0.2, -0.15) is 11.3 Å². The minimum Gasteiger partial charge on any atom is -0.376 e. The number of benzene rings is 1. The zero-order valence-electron chi connectivity index (χ0n) is 11.5. The van der Waals surface area contributed by atoms with Crippen molar-refractivity contribution in [3.05, 3.63) is 45.6 Å². The molecule has 0 saturated carbocycles. The van der Waals surface area contributed by atoms with E-state index in [1.807, 2.05) is 42.6 Å². The highest BCUT2D eigenvalue weighted by Gasteiger charge is 2.09. The lowest BCUT2D eigenvalue weighted by Crippen LogP contribution is -2.16. The van der Waals surface area contributed by atoms with Crippen LogP contribution in [0.2, 0.25) is 5.02 Å². The first-order chi connectivity index (χ1) is 9.56. The summed E-state index contributed by atoms with van der Waals surface area (Å²) in [6, 6.07) is 7.54. The topological polar surface area (TPSA) is 32.3 Å². The molecule has 1 amide bonds. The summed E-state index contributed by atoms with van der Waals surface area (Å²) >= 11 is 7.64. The number of thiophene rings is 1. The molecule has 0 fully saturated rings. The van der Waals surface area contributed by atoms with Crippen LogP contribution in [0.5, 0.6) is 0 Å². The van der Waals surface area contributed by atoms with Crippen molar-refractivity contribution in [2.24, 2.45) is 0 Å². The summed E-state index contributed by atoms with van der Waals surface area (Å²) in [5.74, 6) is 0.00145. The van der Waals surface area contributed by atoms with Gasteiger partial charge in [-0.1, -0.05) is 11.6 Å². The third-order valence-corrected chi connectivity index (χ3v) is 3.90. The van der Waals surface area contributed by atoms with E-state index < -0.39 is 0 Å². The Morgan fingerprint density at radius 3 is 2.80 bits per heavy atom. The number of nitrogens with zero attached hydrogens (tertiary/aromatic N) is 1. The first-order valence-electron chi connectivity index (χ1n) is 6.34. The largest absolute Gasteiger partial charge is 0.376 e. The lowest BCUT2D eigenvalue weighted by Gasteiger charge is -2.18. The van der Waals surface area contributed by atoms with Gasteiger partial charge in [0.2, 0.25) is 5.91 Å². The SMILES string of the molecule is CN(C)c1ccc(Cl)cc1NC(=O)CCc1ccsc1. The van der Waals surface area contributed by atoms with Crippen LogP contribution in [0.1, 0.15) is 12.0 Å². The normalized spacial score (nSPS) is 10.3. The first kappa shape index (κ1) is 14.9. The van der Waals surface area contributed by atoms with Crippen molar-refractivity contribution in [2.75, 3.05) is 24.3 Å². The van der Waals surface area contributed by atoms with E-state index in [-0.39, 0.29) is 5.91 Å². The second-order valence-corrected chi connectivity index (χ2v) is 5.95. The van der Waals surface area contributed by atoms with Gasteiger partial charge in [0, 0.05) is 25.5 Å². The van der Waals surface area contributed by atoms with Crippen LogP contribution in [0.25, 0.3) is 0 Å². The number of anilines is 2. The van der Waals surface area contributed by atoms with E-state index >= 15 is 0 Å². The van der Waals surface area contributed by atoms with E-state index in [4.69, 9.17) is 11.6 Å². The van der Waals surface area contributed by atoms with Gasteiger partial charge in [-0.05, 0) is 47.0 Å². The Kier molecular flexibility index (Phi) is 5.04. The predicted octanol–water partition coefficient (Wildman–Crippen LogP) is 4.04. The van der Waals surface area contributed by atoms with E-state index in [0.717, 1.165) is 17.8 Å². The molecular weight excluding hydrogens is 292 g/mol. The first-order valence-corrected chi connectivity index (χ1v) is 7.66. The van der Waals surface area contributed by atoms with Crippen molar-refractivity contribution in [3.63, 3.8) is 0 Å². The molecule has 1 aromatic heterocycles. The van der Waals surface area contributed by atoms with Crippen LogP contribution >= 0.6 is 22.9 Å². The molecule has 2 rings (SSSR count). The molecule has 0 saturated heterocycles. The molecule has 0 aliphatic carbocycles. The molecule has 3 nitrogen and oxygen atoms in total. The molecule has 0 spiro atoms. The van der Waals surface area contributed by atoms with Crippen molar-refractivity contribution in [3.8, 4) is 0 Å². The maximum absolute atomic E-state index is 12.0. The Balaban J connectivity index is 2.01. The average Bonchev–Trinajstić information content (AvgIpc) is 2.89. The molecule has 0 atom stereocenters. The lowest BCUT2D eigenvalue weighted by molar-refractivity contribution is -0.116. The third kappa shape index (κ3) is 3.99. The minimum atomic E-state index is 0.00145. The summed E-state index contributed by atoms with van der Waals surface area (Å²) in [5.41, 5.74) is 2.89. The fourth-order valence-electron chi connectivity index (χ4n) is 1.90. The minimum absolute atomic E-state index is 0.00145. The van der Waals surface area contributed by atoms with Crippen LogP contribution < -0.4 is 10.2 Å². The van der Waals surface area contributed by atoms with E-state index in [1.54, 1.807) is 17.4 Å². The van der Waals surface area contributed by atoms with E-state index in [0.29, 0.717) is 11.4 Å². The fourth-order valence-corrected chi connectivity index (χ4v) is 2.78. The van der Waals surface area contributed by atoms with E-state index in [2.05, 4.69) is 10.7 Å². The molecule has 1 N–H and O–H groups in total. The van der Waals surface area contributed by atoms with Crippen molar-refractivity contribution in [1.82, 2.24) is 0 Å². The molecule has 20 heavy (non-hydrogen) atoms. The van der Waals surface area contributed by atoms with Gasteiger partial charge in [0.25, 0.3) is 0 Å². The monoisotopic (exact) mass is 308 g/mol. The molecular formula is C15H17ClN2OS. The van der Waals surface area contributed by atoms with Gasteiger partial charge < -0.3 is 10.2 Å². The van der Waals surface area contributed by atoms with Gasteiger partial charge in [0.05, 0.1) is 11.4 Å². The van der Waals surface area contributed by atoms with Crippen molar-refractivity contribution < 1.29 is 4.79 Å². The van der Waals surface area contributed by atoms with Gasteiger partial charge in [-0.15, -0.1) is 0 Å². The van der Waals surface area contributed by atoms with Gasteiger partial charge in [-0.25, -0.2) is 0 Å². The highest BCUT2D eigenvalue weighted by Crippen LogP contribution is 2.28. The van der Waals surface area contributed by atoms with E-state index in [1.165, 1.54) is 5.56 Å². The number of halogens is 1. The highest BCUT2D eigenvalue weighted by atomic mass is 35.5. The van der Waals surface area contributed by atoms with E-state index in [9.17, 15) is 4.79 Å². The van der Waals surface area contributed by atoms with Crippen LogP contribution in [-0.4, -0.2) is 20.0 Å². The summed E-state index contributed by atoms with van der Waals surface area (Å²) < 4.78 is 0. The van der Waals surface area contributed by atoms with Crippen molar-refractivity contribution in [1.29, 1.82) is 0 Å². The summed E-state index contributed by atoms with van der Waals surface area (Å²) in [6.07, 6.45) is 1.23. The van der Waals surface area contributed by atoms with Gasteiger partial charge in [0.15, 0.2) is 0 Å². The molecule has 0 bridgehead atoms. The Morgan fingerprint density at radius 2 is 2.15 bits per heavy atom. The van der Waals surface area contributed by atoms with Gasteiger partial charge >= 0.3 is 0 Å². The van der Waals surface area contributed by atoms with Crippen molar-refractivity contribution >= 4 is 40.2 Å². The summed E-state index contributed by atoms with van der Waals surface area (Å²) in [7, 11) is 3.87. The second kappa shape index (κ2) is 6.77. The van der Waals surface area contributed by atoms with Gasteiger partial charge in [0.1, 0.15) is 0 Å². The maximum Gasteiger partial charge on any atom is 0.224 e. The summed E-state index contributed by atoms with van der Waals surface area (Å²) in [4.78, 5) is 14.0. The number of carbonyl (C=O) groups excluding carboxylic acids is 1. The van der Waals surface area contributed by atoms with Crippen LogP contribution in [0.4, 0.5) is 11.4 Å². The predicted molar refractivity (Wildman–Crippen MR) is 87.0 cm³/mol. The fraction of sp³-hybridized carbons (Fsp3) is 0.267. The zero-order chi connectivity index (χ0) is 14.5. The van der Waals surface area contributed by atoms with Crippen LogP contribution in [-0.2, 0) is 11.2 Å². The number of hydrogen-bond donors (Lipinski definition) is 1. The molecule has 5 heteroatoms. The zero-order valence-corrected chi connectivity index (χ0v) is 13.1. The third-order valence-electron chi connectivity index (χ3n) is 2.94. The quantitative estimate of drug-likeness (QED) is 0.904. The molecule has 106 valence electrons. The number of hydrogen-bond acceptors (Lipinski definition) is 3. The highest BCUT2D eigenvalue weighted by molar-refractivity contribution is 7.07. The lowest BCUT2D eigenvalue weighted by atomic mass is 10.2. The molecule has 0 aliphatic heterocycles. The van der Waals surface area contributed by atoms with Crippen LogP contribution in [0.15, 0.2) is 35.0 Å².